The first-order valence-corrected chi connectivity index (χ1v) is 9.24. The summed E-state index contributed by atoms with van der Waals surface area (Å²) in [5.74, 6) is 0.940. The minimum atomic E-state index is -0.303. The van der Waals surface area contributed by atoms with Crippen molar-refractivity contribution in [3.05, 3.63) is 35.4 Å². The number of benzene rings is 1. The summed E-state index contributed by atoms with van der Waals surface area (Å²) in [6.07, 6.45) is 4.10. The Labute approximate surface area is 157 Å². The minimum Gasteiger partial charge on any atom is -0.380 e. The molecule has 1 aromatic carbocycles. The highest BCUT2D eigenvalue weighted by atomic mass is 16.5. The number of hydrogen-bond donors (Lipinski definition) is 2. The van der Waals surface area contributed by atoms with Crippen molar-refractivity contribution in [2.45, 2.75) is 38.8 Å². The number of guanidine groups is 1. The summed E-state index contributed by atoms with van der Waals surface area (Å²) in [4.78, 5) is 18.7. The molecule has 0 atom stereocenters. The summed E-state index contributed by atoms with van der Waals surface area (Å²) < 4.78 is 5.13. The van der Waals surface area contributed by atoms with Crippen molar-refractivity contribution < 1.29 is 9.53 Å². The van der Waals surface area contributed by atoms with Crippen molar-refractivity contribution in [2.24, 2.45) is 10.4 Å². The lowest BCUT2D eigenvalue weighted by Gasteiger charge is -2.31. The second-order valence-electron chi connectivity index (χ2n) is 7.22. The summed E-state index contributed by atoms with van der Waals surface area (Å²) in [5, 5.41) is 6.69. The third-order valence-corrected chi connectivity index (χ3v) is 5.03. The number of carbonyl (C=O) groups excluding carboxylic acids is 1. The maximum Gasteiger partial charge on any atom is 0.230 e. The molecule has 1 amide bonds. The Hall–Kier alpha value is -2.08. The molecular weight excluding hydrogens is 328 g/mol. The van der Waals surface area contributed by atoms with Gasteiger partial charge in [-0.2, -0.15) is 0 Å². The molecule has 1 aliphatic rings. The molecule has 0 bridgehead atoms. The molecule has 6 nitrogen and oxygen atoms in total. The topological polar surface area (TPSA) is 66.0 Å². The predicted molar refractivity (Wildman–Crippen MR) is 105 cm³/mol. The van der Waals surface area contributed by atoms with Crippen molar-refractivity contribution in [3.8, 4) is 0 Å². The molecule has 6 heteroatoms. The van der Waals surface area contributed by atoms with Crippen LogP contribution in [0.5, 0.6) is 0 Å². The largest absolute Gasteiger partial charge is 0.380 e. The molecule has 0 saturated heterocycles. The van der Waals surface area contributed by atoms with Gasteiger partial charge in [0.05, 0.1) is 12.0 Å². The van der Waals surface area contributed by atoms with Crippen LogP contribution in [0.1, 0.15) is 36.8 Å². The Morgan fingerprint density at radius 1 is 1.15 bits per heavy atom. The Balaban J connectivity index is 1.89. The second kappa shape index (κ2) is 9.57. The summed E-state index contributed by atoms with van der Waals surface area (Å²) in [6.45, 7) is 1.93. The number of ether oxygens (including phenoxy) is 1. The zero-order valence-corrected chi connectivity index (χ0v) is 16.5. The first-order valence-electron chi connectivity index (χ1n) is 9.24. The number of carbonyl (C=O) groups is 1. The van der Waals surface area contributed by atoms with E-state index in [-0.39, 0.29) is 11.3 Å². The monoisotopic (exact) mass is 360 g/mol. The van der Waals surface area contributed by atoms with Gasteiger partial charge >= 0.3 is 0 Å². The van der Waals surface area contributed by atoms with Gasteiger partial charge in [0, 0.05) is 41.3 Å². The molecule has 0 spiro atoms. The average molecular weight is 361 g/mol. The lowest BCUT2D eigenvalue weighted by atomic mass is 9.84. The van der Waals surface area contributed by atoms with Crippen molar-refractivity contribution >= 4 is 11.9 Å². The fourth-order valence-corrected chi connectivity index (χ4v) is 3.57. The van der Waals surface area contributed by atoms with Gasteiger partial charge in [-0.05, 0) is 24.0 Å². The van der Waals surface area contributed by atoms with E-state index in [1.165, 1.54) is 5.56 Å². The molecule has 2 rings (SSSR count). The van der Waals surface area contributed by atoms with E-state index in [0.29, 0.717) is 19.7 Å². The molecule has 1 aromatic rings. The van der Waals surface area contributed by atoms with Crippen LogP contribution < -0.4 is 10.6 Å². The Morgan fingerprint density at radius 3 is 2.31 bits per heavy atom. The van der Waals surface area contributed by atoms with Crippen LogP contribution in [0.15, 0.2) is 29.3 Å². The molecule has 26 heavy (non-hydrogen) atoms. The van der Waals surface area contributed by atoms with Gasteiger partial charge in [0.25, 0.3) is 0 Å². The summed E-state index contributed by atoms with van der Waals surface area (Å²) in [5.41, 5.74) is 2.03. The van der Waals surface area contributed by atoms with E-state index in [4.69, 9.17) is 4.74 Å². The van der Waals surface area contributed by atoms with E-state index >= 15 is 0 Å². The minimum absolute atomic E-state index is 0.215. The third kappa shape index (κ3) is 5.21. The van der Waals surface area contributed by atoms with Gasteiger partial charge < -0.3 is 20.3 Å². The van der Waals surface area contributed by atoms with Crippen LogP contribution in [0, 0.1) is 5.41 Å². The van der Waals surface area contributed by atoms with Crippen molar-refractivity contribution in [1.82, 2.24) is 15.5 Å². The highest BCUT2D eigenvalue weighted by Gasteiger charge is 2.42. The third-order valence-electron chi connectivity index (χ3n) is 5.03. The molecular formula is C20H32N4O2. The quantitative estimate of drug-likeness (QED) is 0.578. The first kappa shape index (κ1) is 20.2. The van der Waals surface area contributed by atoms with Gasteiger partial charge in [0.2, 0.25) is 5.91 Å². The number of methoxy groups -OCH3 is 1. The second-order valence-corrected chi connectivity index (χ2v) is 7.22. The zero-order valence-electron chi connectivity index (χ0n) is 16.5. The van der Waals surface area contributed by atoms with Gasteiger partial charge in [-0.3, -0.25) is 9.79 Å². The van der Waals surface area contributed by atoms with E-state index in [9.17, 15) is 4.79 Å². The standard InChI is InChI=1S/C20H32N4O2/c1-21-19(22-13-16-7-9-17(10-8-16)14-26-4)23-15-20(11-5-6-12-20)18(25)24(2)3/h7-10H,5-6,11-15H2,1-4H3,(H2,21,22,23). The SMILES string of the molecule is CN=C(NCc1ccc(COC)cc1)NCC1(C(=O)N(C)C)CCCC1. The normalized spacial score (nSPS) is 16.4. The molecule has 1 fully saturated rings. The summed E-state index contributed by atoms with van der Waals surface area (Å²) in [6, 6.07) is 8.31. The molecule has 0 radical (unpaired) electrons. The van der Waals surface area contributed by atoms with Crippen LogP contribution in [0.2, 0.25) is 0 Å². The number of rotatable bonds is 7. The molecule has 0 unspecified atom stereocenters. The van der Waals surface area contributed by atoms with Crippen LogP contribution in [-0.4, -0.2) is 51.6 Å². The van der Waals surface area contributed by atoms with Crippen molar-refractivity contribution in [1.29, 1.82) is 0 Å². The lowest BCUT2D eigenvalue weighted by Crippen LogP contribution is -2.49. The predicted octanol–water partition coefficient (Wildman–Crippen LogP) is 2.15. The van der Waals surface area contributed by atoms with Crippen molar-refractivity contribution in [2.75, 3.05) is 34.8 Å². The number of nitrogens with zero attached hydrogens (tertiary/aromatic N) is 2. The first-order chi connectivity index (χ1) is 12.5. The lowest BCUT2D eigenvalue weighted by molar-refractivity contribution is -0.138. The van der Waals surface area contributed by atoms with Crippen LogP contribution >= 0.6 is 0 Å². The Kier molecular flexibility index (Phi) is 7.45. The van der Waals surface area contributed by atoms with Crippen LogP contribution in [0.25, 0.3) is 0 Å². The van der Waals surface area contributed by atoms with Gasteiger partial charge in [0.15, 0.2) is 5.96 Å². The highest BCUT2D eigenvalue weighted by Crippen LogP contribution is 2.38. The highest BCUT2D eigenvalue weighted by molar-refractivity contribution is 5.85. The molecule has 0 aromatic heterocycles. The van der Waals surface area contributed by atoms with E-state index in [0.717, 1.165) is 37.2 Å². The number of aliphatic imine (C=N–C) groups is 1. The molecule has 0 aliphatic heterocycles. The zero-order chi connectivity index (χ0) is 19.0. The number of amides is 1. The summed E-state index contributed by atoms with van der Waals surface area (Å²) in [7, 11) is 7.13. The molecule has 1 aliphatic carbocycles. The van der Waals surface area contributed by atoms with Gasteiger partial charge in [0.1, 0.15) is 0 Å². The van der Waals surface area contributed by atoms with E-state index < -0.39 is 0 Å². The maximum atomic E-state index is 12.6. The van der Waals surface area contributed by atoms with E-state index in [1.807, 2.05) is 14.1 Å². The molecule has 0 heterocycles. The Morgan fingerprint density at radius 2 is 1.77 bits per heavy atom. The fourth-order valence-electron chi connectivity index (χ4n) is 3.57. The smallest absolute Gasteiger partial charge is 0.230 e. The maximum absolute atomic E-state index is 12.6. The Bertz CT molecular complexity index is 605. The molecule has 1 saturated carbocycles. The number of hydrogen-bond acceptors (Lipinski definition) is 3. The van der Waals surface area contributed by atoms with Gasteiger partial charge in [-0.15, -0.1) is 0 Å². The summed E-state index contributed by atoms with van der Waals surface area (Å²) >= 11 is 0. The van der Waals surface area contributed by atoms with Crippen molar-refractivity contribution in [3.63, 3.8) is 0 Å². The molecule has 144 valence electrons. The fraction of sp³-hybridized carbons (Fsp3) is 0.600. The molecule has 2 N–H and O–H groups in total. The van der Waals surface area contributed by atoms with E-state index in [2.05, 4.69) is 39.9 Å². The van der Waals surface area contributed by atoms with Gasteiger partial charge in [-0.1, -0.05) is 37.1 Å². The average Bonchev–Trinajstić information content (AvgIpc) is 3.12. The van der Waals surface area contributed by atoms with Gasteiger partial charge in [-0.25, -0.2) is 0 Å². The van der Waals surface area contributed by atoms with E-state index in [1.54, 1.807) is 19.1 Å². The number of nitrogens with one attached hydrogen (secondary N) is 2. The van der Waals surface area contributed by atoms with Crippen LogP contribution in [0.3, 0.4) is 0 Å². The van der Waals surface area contributed by atoms with Crippen LogP contribution in [0.4, 0.5) is 0 Å². The van der Waals surface area contributed by atoms with Crippen LogP contribution in [-0.2, 0) is 22.7 Å².